The molecule has 12 rings (SSSR count). The third-order valence-electron chi connectivity index (χ3n) is 13.8. The molecule has 1 heterocycles. The van der Waals surface area contributed by atoms with Crippen molar-refractivity contribution in [3.8, 4) is 50.2 Å². The number of nitrogens with zero attached hydrogens (tertiary/aromatic N) is 2. The summed E-state index contributed by atoms with van der Waals surface area (Å²) in [5, 5.41) is 2.50. The Kier molecular flexibility index (Phi) is 8.78. The number of aromatic nitrogens is 1. The zero-order valence-electron chi connectivity index (χ0n) is 34.7. The molecule has 0 saturated heterocycles. The lowest BCUT2D eigenvalue weighted by molar-refractivity contribution is 0.353. The Balaban J connectivity index is 1.11. The Morgan fingerprint density at radius 2 is 0.887 bits per heavy atom. The second-order valence-electron chi connectivity index (χ2n) is 17.1. The van der Waals surface area contributed by atoms with Crippen LogP contribution in [0, 0.1) is 0 Å². The first-order valence-electron chi connectivity index (χ1n) is 22.2. The van der Waals surface area contributed by atoms with Crippen molar-refractivity contribution in [3.05, 3.63) is 230 Å². The highest BCUT2D eigenvalue weighted by atomic mass is 15.1. The van der Waals surface area contributed by atoms with Gasteiger partial charge >= 0.3 is 0 Å². The van der Waals surface area contributed by atoms with Crippen molar-refractivity contribution in [1.29, 1.82) is 0 Å². The lowest BCUT2D eigenvalue weighted by Gasteiger charge is -2.37. The van der Waals surface area contributed by atoms with Crippen molar-refractivity contribution in [2.75, 3.05) is 4.90 Å². The fraction of sp³-hybridized carbons (Fsp3) is 0.100. The molecule has 1 spiro atoms. The number of hydrogen-bond donors (Lipinski definition) is 0. The maximum absolute atomic E-state index is 2.56. The highest BCUT2D eigenvalue weighted by molar-refractivity contribution is 6.10. The van der Waals surface area contributed by atoms with Crippen LogP contribution in [0.25, 0.3) is 72.0 Å². The molecule has 1 fully saturated rings. The molecule has 1 aromatic heterocycles. The van der Waals surface area contributed by atoms with Gasteiger partial charge in [0.15, 0.2) is 0 Å². The predicted molar refractivity (Wildman–Crippen MR) is 261 cm³/mol. The van der Waals surface area contributed by atoms with E-state index in [0.717, 1.165) is 17.1 Å². The smallest absolute Gasteiger partial charge is 0.0561 e. The molecule has 9 aromatic carbocycles. The van der Waals surface area contributed by atoms with Crippen LogP contribution in [0.4, 0.5) is 17.1 Å². The zero-order valence-corrected chi connectivity index (χ0v) is 34.7. The topological polar surface area (TPSA) is 8.17 Å². The summed E-state index contributed by atoms with van der Waals surface area (Å²) >= 11 is 0. The van der Waals surface area contributed by atoms with Gasteiger partial charge in [-0.05, 0) is 111 Å². The van der Waals surface area contributed by atoms with E-state index in [9.17, 15) is 0 Å². The van der Waals surface area contributed by atoms with Crippen molar-refractivity contribution < 1.29 is 0 Å². The van der Waals surface area contributed by atoms with E-state index in [2.05, 4.69) is 228 Å². The van der Waals surface area contributed by atoms with E-state index in [1.807, 2.05) is 0 Å². The van der Waals surface area contributed by atoms with Gasteiger partial charge in [0.2, 0.25) is 0 Å². The minimum Gasteiger partial charge on any atom is -0.310 e. The summed E-state index contributed by atoms with van der Waals surface area (Å²) in [6.07, 6.45) is 6.20. The van der Waals surface area contributed by atoms with Crippen LogP contribution < -0.4 is 4.90 Å². The minimum atomic E-state index is 0.0306. The monoisotopic (exact) mass is 794 g/mol. The number of para-hydroxylation sites is 3. The standard InChI is InChI=1S/C60H46N2/c1-4-20-42(21-5-1)46-24-8-9-25-47(46)48-26-10-11-27-49(48)52-29-13-16-32-57(52)61(44-34-36-51-50-28-12-15-31-55(50)60(56(51)40-44)38-18-3-19-39-60)45-35-37-54-53-30-14-17-33-58(53)62(59(54)41-45)43-22-6-2-7-23-43/h1-2,4-17,20-37,40-41H,3,18-19,38-39H2. The van der Waals surface area contributed by atoms with Crippen molar-refractivity contribution in [1.82, 2.24) is 4.57 Å². The molecule has 0 atom stereocenters. The molecule has 2 nitrogen and oxygen atoms in total. The lowest BCUT2D eigenvalue weighted by Crippen LogP contribution is -2.28. The molecule has 2 heteroatoms. The number of fused-ring (bicyclic) bond motifs is 8. The van der Waals surface area contributed by atoms with E-state index in [-0.39, 0.29) is 5.41 Å². The second-order valence-corrected chi connectivity index (χ2v) is 17.1. The van der Waals surface area contributed by atoms with E-state index in [4.69, 9.17) is 0 Å². The Morgan fingerprint density at radius 3 is 1.66 bits per heavy atom. The largest absolute Gasteiger partial charge is 0.310 e. The van der Waals surface area contributed by atoms with Crippen molar-refractivity contribution in [2.45, 2.75) is 37.5 Å². The van der Waals surface area contributed by atoms with Crippen LogP contribution in [0.2, 0.25) is 0 Å². The van der Waals surface area contributed by atoms with Crippen LogP contribution in [0.15, 0.2) is 218 Å². The molecule has 1 saturated carbocycles. The third-order valence-corrected chi connectivity index (χ3v) is 13.8. The molecule has 0 unspecified atom stereocenters. The maximum atomic E-state index is 2.56. The first-order chi connectivity index (χ1) is 30.8. The number of anilines is 3. The molecule has 0 amide bonds. The Hall–Kier alpha value is -7.42. The summed E-state index contributed by atoms with van der Waals surface area (Å²) in [4.78, 5) is 2.54. The fourth-order valence-electron chi connectivity index (χ4n) is 11.1. The van der Waals surface area contributed by atoms with Gasteiger partial charge < -0.3 is 9.47 Å². The van der Waals surface area contributed by atoms with Crippen LogP contribution in [-0.2, 0) is 5.41 Å². The molecule has 2 aliphatic carbocycles. The summed E-state index contributed by atoms with van der Waals surface area (Å²) in [6, 6.07) is 81.0. The number of hydrogen-bond acceptors (Lipinski definition) is 1. The molecule has 0 radical (unpaired) electrons. The molecule has 2 aliphatic rings. The summed E-state index contributed by atoms with van der Waals surface area (Å²) in [6.45, 7) is 0. The molecular formula is C60H46N2. The second kappa shape index (κ2) is 14.9. The minimum absolute atomic E-state index is 0.0306. The van der Waals surface area contributed by atoms with Crippen LogP contribution in [0.3, 0.4) is 0 Å². The molecule has 62 heavy (non-hydrogen) atoms. The average molecular weight is 795 g/mol. The summed E-state index contributed by atoms with van der Waals surface area (Å²) in [7, 11) is 0. The summed E-state index contributed by atoms with van der Waals surface area (Å²) in [5.41, 5.74) is 20.1. The highest BCUT2D eigenvalue weighted by Gasteiger charge is 2.44. The van der Waals surface area contributed by atoms with Gasteiger partial charge in [-0.25, -0.2) is 0 Å². The first kappa shape index (κ1) is 36.4. The first-order valence-corrected chi connectivity index (χ1v) is 22.2. The zero-order chi connectivity index (χ0) is 41.0. The number of rotatable bonds is 7. The molecule has 0 N–H and O–H groups in total. The van der Waals surface area contributed by atoms with Gasteiger partial charge in [-0.1, -0.05) is 189 Å². The van der Waals surface area contributed by atoms with E-state index >= 15 is 0 Å². The fourth-order valence-corrected chi connectivity index (χ4v) is 11.1. The van der Waals surface area contributed by atoms with Gasteiger partial charge in [0.1, 0.15) is 0 Å². The van der Waals surface area contributed by atoms with Gasteiger partial charge in [-0.15, -0.1) is 0 Å². The number of benzene rings is 9. The van der Waals surface area contributed by atoms with Gasteiger partial charge in [-0.2, -0.15) is 0 Å². The van der Waals surface area contributed by atoms with Crippen LogP contribution in [-0.4, -0.2) is 4.57 Å². The highest BCUT2D eigenvalue weighted by Crippen LogP contribution is 2.57. The molecular weight excluding hydrogens is 749 g/mol. The van der Waals surface area contributed by atoms with Crippen LogP contribution in [0.1, 0.15) is 43.2 Å². The SMILES string of the molecule is c1ccc(-c2ccccc2-c2ccccc2-c2ccccc2N(c2ccc3c(c2)C2(CCCCC2)c2ccccc2-3)c2ccc3c4ccccc4n(-c4ccccc4)c3c2)cc1. The van der Waals surface area contributed by atoms with Gasteiger partial charge in [0, 0.05) is 38.8 Å². The van der Waals surface area contributed by atoms with E-state index in [1.165, 1.54) is 115 Å². The van der Waals surface area contributed by atoms with E-state index in [0.29, 0.717) is 0 Å². The third kappa shape index (κ3) is 5.78. The quantitative estimate of drug-likeness (QED) is 0.156. The molecule has 0 bridgehead atoms. The van der Waals surface area contributed by atoms with Crippen LogP contribution >= 0.6 is 0 Å². The van der Waals surface area contributed by atoms with Gasteiger partial charge in [-0.3, -0.25) is 0 Å². The Labute approximate surface area is 364 Å². The Morgan fingerprint density at radius 1 is 0.355 bits per heavy atom. The van der Waals surface area contributed by atoms with Crippen molar-refractivity contribution in [3.63, 3.8) is 0 Å². The molecule has 0 aliphatic heterocycles. The van der Waals surface area contributed by atoms with Crippen LogP contribution in [0.5, 0.6) is 0 Å². The molecule has 10 aromatic rings. The van der Waals surface area contributed by atoms with Crippen molar-refractivity contribution >= 4 is 38.9 Å². The Bertz CT molecular complexity index is 3280. The lowest BCUT2D eigenvalue weighted by atomic mass is 9.68. The predicted octanol–water partition coefficient (Wildman–Crippen LogP) is 16.5. The maximum Gasteiger partial charge on any atom is 0.0561 e. The summed E-state index contributed by atoms with van der Waals surface area (Å²) < 4.78 is 2.43. The summed E-state index contributed by atoms with van der Waals surface area (Å²) in [5.74, 6) is 0. The van der Waals surface area contributed by atoms with Crippen molar-refractivity contribution in [2.24, 2.45) is 0 Å². The average Bonchev–Trinajstić information content (AvgIpc) is 3.81. The normalized spacial score (nSPS) is 13.9. The van der Waals surface area contributed by atoms with E-state index in [1.54, 1.807) is 0 Å². The van der Waals surface area contributed by atoms with Gasteiger partial charge in [0.05, 0.1) is 16.7 Å². The molecule has 296 valence electrons. The van der Waals surface area contributed by atoms with Gasteiger partial charge in [0.25, 0.3) is 0 Å². The van der Waals surface area contributed by atoms with E-state index < -0.39 is 0 Å².